The Hall–Kier alpha value is -2.54. The fourth-order valence-corrected chi connectivity index (χ4v) is 3.90. The molecule has 4 rings (SSSR count). The molecule has 0 amide bonds. The maximum Gasteiger partial charge on any atom is 0.144 e. The second-order valence-corrected chi connectivity index (χ2v) is 5.90. The first-order valence-corrected chi connectivity index (χ1v) is 7.62. The van der Waals surface area contributed by atoms with Crippen LogP contribution in [-0.4, -0.2) is 18.1 Å². The molecule has 1 fully saturated rings. The van der Waals surface area contributed by atoms with E-state index in [4.69, 9.17) is 4.74 Å². The maximum atomic E-state index is 9.29. The van der Waals surface area contributed by atoms with E-state index in [2.05, 4.69) is 34.2 Å². The van der Waals surface area contributed by atoms with Gasteiger partial charge in [-0.1, -0.05) is 0 Å². The van der Waals surface area contributed by atoms with E-state index in [1.165, 1.54) is 11.3 Å². The minimum atomic E-state index is 0.359. The lowest BCUT2D eigenvalue weighted by molar-refractivity contribution is 0.414. The van der Waals surface area contributed by atoms with Gasteiger partial charge < -0.3 is 9.64 Å². The number of anilines is 1. The molecule has 2 atom stereocenters. The van der Waals surface area contributed by atoms with Gasteiger partial charge in [0, 0.05) is 17.9 Å². The Morgan fingerprint density at radius 3 is 2.77 bits per heavy atom. The summed E-state index contributed by atoms with van der Waals surface area (Å²) in [6, 6.07) is 13.4. The van der Waals surface area contributed by atoms with Crippen molar-refractivity contribution in [2.24, 2.45) is 0 Å². The second-order valence-electron chi connectivity index (χ2n) is 5.90. The normalized spacial score (nSPS) is 22.1. The lowest BCUT2D eigenvalue weighted by Gasteiger charge is -2.38. The summed E-state index contributed by atoms with van der Waals surface area (Å²) >= 11 is 0. The lowest BCUT2D eigenvalue weighted by atomic mass is 9.92. The molecular weight excluding hydrogens is 274 g/mol. The molecule has 0 aliphatic carbocycles. The zero-order chi connectivity index (χ0) is 15.1. The average molecular weight is 291 g/mol. The van der Waals surface area contributed by atoms with E-state index < -0.39 is 0 Å². The highest BCUT2D eigenvalue weighted by Crippen LogP contribution is 2.46. The van der Waals surface area contributed by atoms with Gasteiger partial charge in [-0.25, -0.2) is 4.98 Å². The Morgan fingerprint density at radius 1 is 1.23 bits per heavy atom. The number of fused-ring (bicyclic) bond motifs is 4. The molecule has 3 heterocycles. The molecule has 110 valence electrons. The van der Waals surface area contributed by atoms with Gasteiger partial charge in [0.15, 0.2) is 0 Å². The molecule has 1 saturated heterocycles. The third-order valence-corrected chi connectivity index (χ3v) is 4.87. The van der Waals surface area contributed by atoms with Crippen molar-refractivity contribution < 1.29 is 4.74 Å². The maximum absolute atomic E-state index is 9.29. The molecule has 1 aromatic carbocycles. The van der Waals surface area contributed by atoms with Gasteiger partial charge in [-0.2, -0.15) is 5.26 Å². The Balaban J connectivity index is 1.76. The molecule has 0 N–H and O–H groups in total. The summed E-state index contributed by atoms with van der Waals surface area (Å²) < 4.78 is 5.25. The van der Waals surface area contributed by atoms with Crippen molar-refractivity contribution in [1.82, 2.24) is 4.98 Å². The van der Waals surface area contributed by atoms with Gasteiger partial charge in [-0.3, -0.25) is 0 Å². The number of benzene rings is 1. The van der Waals surface area contributed by atoms with E-state index in [1.54, 1.807) is 13.3 Å². The summed E-state index contributed by atoms with van der Waals surface area (Å²) in [7, 11) is 1.69. The Kier molecular flexibility index (Phi) is 3.00. The molecule has 2 aliphatic rings. The van der Waals surface area contributed by atoms with Crippen LogP contribution in [0, 0.1) is 11.3 Å². The highest BCUT2D eigenvalue weighted by molar-refractivity contribution is 5.57. The lowest BCUT2D eigenvalue weighted by Crippen LogP contribution is -2.38. The zero-order valence-electron chi connectivity index (χ0n) is 12.5. The number of hydrogen-bond donors (Lipinski definition) is 0. The standard InChI is InChI=1S/C18H17N3O/c1-22-14-5-2-12(3-6-14)21-13-4-7-18(21)15-8-9-20-17(11-19)16(15)10-13/h2-3,5-6,8-9,13,18H,4,7,10H2,1H3/t13-,18+/m0/s1. The molecule has 1 aromatic heterocycles. The number of ether oxygens (including phenoxy) is 1. The fraction of sp³-hybridized carbons (Fsp3) is 0.333. The van der Waals surface area contributed by atoms with Crippen molar-refractivity contribution in [3.8, 4) is 11.8 Å². The van der Waals surface area contributed by atoms with Gasteiger partial charge in [0.2, 0.25) is 0 Å². The largest absolute Gasteiger partial charge is 0.497 e. The van der Waals surface area contributed by atoms with Gasteiger partial charge in [0.25, 0.3) is 0 Å². The van der Waals surface area contributed by atoms with Crippen LogP contribution in [0.2, 0.25) is 0 Å². The van der Waals surface area contributed by atoms with Gasteiger partial charge in [-0.15, -0.1) is 0 Å². The first-order chi connectivity index (χ1) is 10.8. The summed E-state index contributed by atoms with van der Waals surface area (Å²) in [5.41, 5.74) is 4.26. The van der Waals surface area contributed by atoms with Crippen LogP contribution in [0.4, 0.5) is 5.69 Å². The fourth-order valence-electron chi connectivity index (χ4n) is 3.90. The number of nitriles is 1. The van der Waals surface area contributed by atoms with Crippen LogP contribution < -0.4 is 9.64 Å². The third kappa shape index (κ3) is 1.86. The summed E-state index contributed by atoms with van der Waals surface area (Å²) in [6.45, 7) is 0. The number of methoxy groups -OCH3 is 1. The highest BCUT2D eigenvalue weighted by atomic mass is 16.5. The Bertz CT molecular complexity index is 748. The molecule has 22 heavy (non-hydrogen) atoms. The minimum Gasteiger partial charge on any atom is -0.497 e. The number of nitrogens with zero attached hydrogens (tertiary/aromatic N) is 3. The number of aromatic nitrogens is 1. The predicted octanol–water partition coefficient (Wildman–Crippen LogP) is 3.23. The van der Waals surface area contributed by atoms with E-state index in [1.807, 2.05) is 12.1 Å². The Morgan fingerprint density at radius 2 is 2.05 bits per heavy atom. The van der Waals surface area contributed by atoms with Crippen LogP contribution in [0.15, 0.2) is 36.5 Å². The van der Waals surface area contributed by atoms with Crippen molar-refractivity contribution in [1.29, 1.82) is 5.26 Å². The van der Waals surface area contributed by atoms with Crippen molar-refractivity contribution in [3.63, 3.8) is 0 Å². The van der Waals surface area contributed by atoms with E-state index in [0.717, 1.165) is 30.6 Å². The van der Waals surface area contributed by atoms with E-state index >= 15 is 0 Å². The average Bonchev–Trinajstić information content (AvgIpc) is 2.89. The summed E-state index contributed by atoms with van der Waals surface area (Å²) in [6.07, 6.45) is 4.98. The number of rotatable bonds is 2. The molecule has 0 radical (unpaired) electrons. The van der Waals surface area contributed by atoms with Crippen LogP contribution in [-0.2, 0) is 6.42 Å². The van der Waals surface area contributed by atoms with Crippen LogP contribution in [0.25, 0.3) is 0 Å². The summed E-state index contributed by atoms with van der Waals surface area (Å²) in [5, 5.41) is 9.29. The topological polar surface area (TPSA) is 49.1 Å². The van der Waals surface area contributed by atoms with Crippen LogP contribution in [0.5, 0.6) is 5.75 Å². The van der Waals surface area contributed by atoms with Crippen molar-refractivity contribution in [2.45, 2.75) is 31.3 Å². The van der Waals surface area contributed by atoms with Gasteiger partial charge >= 0.3 is 0 Å². The smallest absolute Gasteiger partial charge is 0.144 e. The SMILES string of the molecule is COc1ccc(N2[C@H]3CC[C@@H]2c2ccnc(C#N)c2C3)cc1. The Labute approximate surface area is 130 Å². The van der Waals surface area contributed by atoms with Crippen LogP contribution >= 0.6 is 0 Å². The zero-order valence-corrected chi connectivity index (χ0v) is 12.5. The first kappa shape index (κ1) is 13.1. The van der Waals surface area contributed by atoms with Gasteiger partial charge in [0.05, 0.1) is 13.2 Å². The summed E-state index contributed by atoms with van der Waals surface area (Å²) in [4.78, 5) is 6.73. The minimum absolute atomic E-state index is 0.359. The van der Waals surface area contributed by atoms with Crippen molar-refractivity contribution in [3.05, 3.63) is 53.3 Å². The van der Waals surface area contributed by atoms with Crippen molar-refractivity contribution in [2.75, 3.05) is 12.0 Å². The number of pyridine rings is 1. The third-order valence-electron chi connectivity index (χ3n) is 4.87. The second kappa shape index (κ2) is 5.03. The molecule has 4 heteroatoms. The van der Waals surface area contributed by atoms with Crippen molar-refractivity contribution >= 4 is 5.69 Å². The van der Waals surface area contributed by atoms with E-state index in [9.17, 15) is 5.26 Å². The molecule has 0 saturated carbocycles. The highest BCUT2D eigenvalue weighted by Gasteiger charge is 2.40. The molecule has 0 unspecified atom stereocenters. The monoisotopic (exact) mass is 291 g/mol. The van der Waals surface area contributed by atoms with E-state index in [-0.39, 0.29) is 0 Å². The first-order valence-electron chi connectivity index (χ1n) is 7.62. The molecule has 2 aromatic rings. The molecule has 0 spiro atoms. The van der Waals surface area contributed by atoms with Crippen LogP contribution in [0.1, 0.15) is 35.7 Å². The molecule has 2 bridgehead atoms. The predicted molar refractivity (Wildman–Crippen MR) is 83.9 cm³/mol. The number of hydrogen-bond acceptors (Lipinski definition) is 4. The quantitative estimate of drug-likeness (QED) is 0.852. The van der Waals surface area contributed by atoms with E-state index in [0.29, 0.717) is 17.8 Å². The van der Waals surface area contributed by atoms with Gasteiger partial charge in [-0.05, 0) is 60.7 Å². The molecule has 2 aliphatic heterocycles. The molecule has 4 nitrogen and oxygen atoms in total. The molecular formula is C18H17N3O. The summed E-state index contributed by atoms with van der Waals surface area (Å²) in [5.74, 6) is 0.879. The van der Waals surface area contributed by atoms with Gasteiger partial charge in [0.1, 0.15) is 17.5 Å². The van der Waals surface area contributed by atoms with Crippen LogP contribution in [0.3, 0.4) is 0 Å².